The Morgan fingerprint density at radius 2 is 1.97 bits per heavy atom. The van der Waals surface area contributed by atoms with Gasteiger partial charge < -0.3 is 9.80 Å². The zero-order chi connectivity index (χ0) is 21.5. The van der Waals surface area contributed by atoms with Gasteiger partial charge in [-0.1, -0.05) is 6.07 Å². The third-order valence-corrected chi connectivity index (χ3v) is 6.55. The van der Waals surface area contributed by atoms with Gasteiger partial charge in [-0.15, -0.1) is 0 Å². The number of amides is 1. The molecule has 9 heteroatoms. The van der Waals surface area contributed by atoms with Crippen molar-refractivity contribution in [2.75, 3.05) is 44.2 Å². The number of aromatic nitrogens is 4. The molecule has 1 aromatic carbocycles. The summed E-state index contributed by atoms with van der Waals surface area (Å²) in [4.78, 5) is 28.0. The number of aryl methyl sites for hydroxylation is 1. The van der Waals surface area contributed by atoms with E-state index in [1.807, 2.05) is 18.0 Å². The number of anilines is 1. The zero-order valence-corrected chi connectivity index (χ0v) is 17.8. The summed E-state index contributed by atoms with van der Waals surface area (Å²) >= 11 is 0. The predicted octanol–water partition coefficient (Wildman–Crippen LogP) is 1.77. The Bertz CT molecular complexity index is 1120. The van der Waals surface area contributed by atoms with Gasteiger partial charge in [0.15, 0.2) is 5.65 Å². The molecule has 1 saturated heterocycles. The van der Waals surface area contributed by atoms with Crippen molar-refractivity contribution in [1.29, 1.82) is 0 Å². The molecule has 2 aromatic heterocycles. The molecule has 1 fully saturated rings. The Kier molecular flexibility index (Phi) is 5.05. The zero-order valence-electron chi connectivity index (χ0n) is 17.8. The van der Waals surface area contributed by atoms with Gasteiger partial charge in [-0.3, -0.25) is 14.4 Å². The molecule has 2 aliphatic heterocycles. The molecule has 8 nitrogen and oxygen atoms in total. The molecular formula is C22H26FN7O. The van der Waals surface area contributed by atoms with Gasteiger partial charge in [-0.05, 0) is 36.6 Å². The maximum atomic E-state index is 13.7. The van der Waals surface area contributed by atoms with Gasteiger partial charge in [0.05, 0.1) is 18.1 Å². The molecule has 162 valence electrons. The third kappa shape index (κ3) is 3.63. The minimum atomic E-state index is -0.220. The van der Waals surface area contributed by atoms with Crippen molar-refractivity contribution in [3.63, 3.8) is 0 Å². The quantitative estimate of drug-likeness (QED) is 0.640. The first-order valence-electron chi connectivity index (χ1n) is 10.7. The van der Waals surface area contributed by atoms with Crippen LogP contribution in [0.5, 0.6) is 0 Å². The number of benzene rings is 1. The van der Waals surface area contributed by atoms with Crippen LogP contribution in [0, 0.1) is 5.82 Å². The van der Waals surface area contributed by atoms with E-state index in [-0.39, 0.29) is 17.8 Å². The number of carbonyl (C=O) groups excluding carboxylic acids is 1. The average molecular weight is 423 g/mol. The van der Waals surface area contributed by atoms with Gasteiger partial charge >= 0.3 is 0 Å². The Balaban J connectivity index is 1.22. The highest BCUT2D eigenvalue weighted by atomic mass is 19.1. The van der Waals surface area contributed by atoms with Gasteiger partial charge in [-0.2, -0.15) is 5.10 Å². The van der Waals surface area contributed by atoms with Crippen LogP contribution in [0.3, 0.4) is 0 Å². The van der Waals surface area contributed by atoms with E-state index in [2.05, 4.69) is 31.8 Å². The second kappa shape index (κ2) is 7.88. The number of rotatable bonds is 3. The largest absolute Gasteiger partial charge is 0.352 e. The van der Waals surface area contributed by atoms with Gasteiger partial charge in [0.1, 0.15) is 18.0 Å². The lowest BCUT2D eigenvalue weighted by atomic mass is 9.93. The molecule has 31 heavy (non-hydrogen) atoms. The number of piperazine rings is 1. The Hall–Kier alpha value is -3.07. The smallest absolute Gasteiger partial charge is 0.236 e. The van der Waals surface area contributed by atoms with Crippen molar-refractivity contribution >= 4 is 22.8 Å². The summed E-state index contributed by atoms with van der Waals surface area (Å²) in [6.45, 7) is 5.96. The molecule has 1 atom stereocenters. The Labute approximate surface area is 180 Å². The van der Waals surface area contributed by atoms with E-state index >= 15 is 0 Å². The lowest BCUT2D eigenvalue weighted by molar-refractivity contribution is -0.133. The third-order valence-electron chi connectivity index (χ3n) is 6.55. The first-order valence-corrected chi connectivity index (χ1v) is 10.7. The second-order valence-electron chi connectivity index (χ2n) is 8.31. The average Bonchev–Trinajstić information content (AvgIpc) is 3.17. The summed E-state index contributed by atoms with van der Waals surface area (Å²) in [5.41, 5.74) is 2.98. The van der Waals surface area contributed by atoms with Crippen LogP contribution < -0.4 is 4.90 Å². The van der Waals surface area contributed by atoms with Crippen LogP contribution >= 0.6 is 0 Å². The van der Waals surface area contributed by atoms with E-state index in [0.29, 0.717) is 19.6 Å². The van der Waals surface area contributed by atoms with Crippen molar-refractivity contribution < 1.29 is 9.18 Å². The number of halogens is 1. The van der Waals surface area contributed by atoms with Crippen LogP contribution in [0.15, 0.2) is 30.7 Å². The SMILES string of the molecule is CC1c2cc(F)ccc2CCN1CC(=O)N1CCN(c2ncnc3c2cnn3C)CC1. The number of carbonyl (C=O) groups is 1. The van der Waals surface area contributed by atoms with E-state index in [1.165, 1.54) is 11.6 Å². The van der Waals surface area contributed by atoms with Crippen molar-refractivity contribution in [3.8, 4) is 0 Å². The summed E-state index contributed by atoms with van der Waals surface area (Å²) in [5, 5.41) is 5.21. The first kappa shape index (κ1) is 19.9. The molecule has 0 radical (unpaired) electrons. The monoisotopic (exact) mass is 423 g/mol. The van der Waals surface area contributed by atoms with Gasteiger partial charge in [-0.25, -0.2) is 14.4 Å². The highest BCUT2D eigenvalue weighted by Crippen LogP contribution is 2.30. The van der Waals surface area contributed by atoms with Crippen molar-refractivity contribution in [3.05, 3.63) is 47.7 Å². The molecule has 0 N–H and O–H groups in total. The van der Waals surface area contributed by atoms with Crippen molar-refractivity contribution in [2.24, 2.45) is 7.05 Å². The topological polar surface area (TPSA) is 70.4 Å². The Morgan fingerprint density at radius 1 is 1.16 bits per heavy atom. The number of nitrogens with zero attached hydrogens (tertiary/aromatic N) is 7. The maximum absolute atomic E-state index is 13.7. The van der Waals surface area contributed by atoms with E-state index in [4.69, 9.17) is 0 Å². The van der Waals surface area contributed by atoms with E-state index in [1.54, 1.807) is 23.3 Å². The minimum Gasteiger partial charge on any atom is -0.352 e. The van der Waals surface area contributed by atoms with Crippen molar-refractivity contribution in [2.45, 2.75) is 19.4 Å². The summed E-state index contributed by atoms with van der Waals surface area (Å²) < 4.78 is 15.5. The highest BCUT2D eigenvalue weighted by Gasteiger charge is 2.29. The normalized spacial score (nSPS) is 19.6. The molecule has 2 aliphatic rings. The standard InChI is InChI=1S/C22H26FN7O/c1-15-18-11-17(23)4-3-16(18)5-6-30(15)13-20(31)28-7-9-29(10-8-28)22-19-12-26-27(2)21(19)24-14-25-22/h3-4,11-12,14-15H,5-10,13H2,1-2H3. The fourth-order valence-corrected chi connectivity index (χ4v) is 4.70. The van der Waals surface area contributed by atoms with Crippen LogP contribution in [-0.4, -0.2) is 74.7 Å². The first-order chi connectivity index (χ1) is 15.0. The molecule has 5 rings (SSSR count). The lowest BCUT2D eigenvalue weighted by Gasteiger charge is -2.39. The molecule has 4 heterocycles. The van der Waals surface area contributed by atoms with Crippen LogP contribution in [0.2, 0.25) is 0 Å². The summed E-state index contributed by atoms with van der Waals surface area (Å²) in [6, 6.07) is 5.02. The molecule has 0 saturated carbocycles. The van der Waals surface area contributed by atoms with Crippen LogP contribution in [0.25, 0.3) is 11.0 Å². The molecule has 3 aromatic rings. The van der Waals surface area contributed by atoms with Gasteiger partial charge in [0, 0.05) is 45.8 Å². The Morgan fingerprint density at radius 3 is 2.77 bits per heavy atom. The van der Waals surface area contributed by atoms with Crippen molar-refractivity contribution in [1.82, 2.24) is 29.5 Å². The number of hydrogen-bond donors (Lipinski definition) is 0. The molecule has 0 spiro atoms. The summed E-state index contributed by atoms with van der Waals surface area (Å²) in [5.74, 6) is 0.774. The molecule has 1 amide bonds. The van der Waals surface area contributed by atoms with E-state index < -0.39 is 0 Å². The highest BCUT2D eigenvalue weighted by molar-refractivity contribution is 5.87. The minimum absolute atomic E-state index is 0.0320. The van der Waals surface area contributed by atoms with Crippen LogP contribution in [-0.2, 0) is 18.3 Å². The number of hydrogen-bond acceptors (Lipinski definition) is 6. The summed E-state index contributed by atoms with van der Waals surface area (Å²) in [6.07, 6.45) is 4.20. The lowest BCUT2D eigenvalue weighted by Crippen LogP contribution is -2.52. The number of fused-ring (bicyclic) bond motifs is 2. The van der Waals surface area contributed by atoms with Crippen LogP contribution in [0.1, 0.15) is 24.1 Å². The van der Waals surface area contributed by atoms with Gasteiger partial charge in [0.25, 0.3) is 0 Å². The summed E-state index contributed by atoms with van der Waals surface area (Å²) in [7, 11) is 1.87. The van der Waals surface area contributed by atoms with E-state index in [9.17, 15) is 9.18 Å². The van der Waals surface area contributed by atoms with Gasteiger partial charge in [0.2, 0.25) is 5.91 Å². The molecule has 0 bridgehead atoms. The maximum Gasteiger partial charge on any atom is 0.236 e. The van der Waals surface area contributed by atoms with Crippen LogP contribution in [0.4, 0.5) is 10.2 Å². The molecule has 0 aliphatic carbocycles. The second-order valence-corrected chi connectivity index (χ2v) is 8.31. The van der Waals surface area contributed by atoms with E-state index in [0.717, 1.165) is 48.5 Å². The fourth-order valence-electron chi connectivity index (χ4n) is 4.70. The fraction of sp³-hybridized carbons (Fsp3) is 0.455. The molecule has 1 unspecified atom stereocenters. The molecular weight excluding hydrogens is 397 g/mol. The predicted molar refractivity (Wildman–Crippen MR) is 115 cm³/mol.